The third-order valence-electron chi connectivity index (χ3n) is 3.60. The largest absolute Gasteiger partial charge is 0.337 e. The van der Waals surface area contributed by atoms with Gasteiger partial charge in [0.05, 0.1) is 4.92 Å². The number of carbonyl (C=O) groups excluding carboxylic acids is 1. The van der Waals surface area contributed by atoms with Crippen molar-refractivity contribution in [1.82, 2.24) is 9.80 Å². The fourth-order valence-electron chi connectivity index (χ4n) is 2.38. The summed E-state index contributed by atoms with van der Waals surface area (Å²) in [6.07, 6.45) is 0.852. The van der Waals surface area contributed by atoms with E-state index in [4.69, 9.17) is 5.84 Å². The Hall–Kier alpha value is -2.19. The number of nitrogen functional groups attached to an aromatic ring is 1. The second-order valence-electron chi connectivity index (χ2n) is 5.08. The number of benzene rings is 1. The zero-order valence-corrected chi connectivity index (χ0v) is 11.9. The van der Waals surface area contributed by atoms with Crippen molar-refractivity contribution >= 4 is 17.3 Å². The van der Waals surface area contributed by atoms with E-state index in [9.17, 15) is 14.9 Å². The molecule has 1 fully saturated rings. The van der Waals surface area contributed by atoms with Crippen molar-refractivity contribution in [2.24, 2.45) is 5.84 Å². The van der Waals surface area contributed by atoms with E-state index in [1.165, 1.54) is 18.2 Å². The van der Waals surface area contributed by atoms with Gasteiger partial charge < -0.3 is 15.2 Å². The lowest BCUT2D eigenvalue weighted by Gasteiger charge is -2.20. The number of nitro benzene ring substituents is 1. The number of amides is 1. The molecule has 8 nitrogen and oxygen atoms in total. The molecular formula is C13H19N5O3. The van der Waals surface area contributed by atoms with Crippen LogP contribution in [0, 0.1) is 10.1 Å². The molecule has 3 N–H and O–H groups in total. The minimum atomic E-state index is -0.544. The molecule has 0 unspecified atom stereocenters. The van der Waals surface area contributed by atoms with Crippen molar-refractivity contribution < 1.29 is 9.72 Å². The number of nitrogens with one attached hydrogen (secondary N) is 1. The Labute approximate surface area is 122 Å². The maximum Gasteiger partial charge on any atom is 0.282 e. The smallest absolute Gasteiger partial charge is 0.282 e. The normalized spacial score (nSPS) is 16.4. The highest BCUT2D eigenvalue weighted by Gasteiger charge is 2.26. The molecule has 114 valence electrons. The fourth-order valence-corrected chi connectivity index (χ4v) is 2.38. The third-order valence-corrected chi connectivity index (χ3v) is 3.60. The summed E-state index contributed by atoms with van der Waals surface area (Å²) in [5.41, 5.74) is 2.75. The Morgan fingerprint density at radius 1 is 1.33 bits per heavy atom. The van der Waals surface area contributed by atoms with Gasteiger partial charge in [-0.1, -0.05) is 0 Å². The molecule has 1 aliphatic heterocycles. The highest BCUT2D eigenvalue weighted by atomic mass is 16.6. The molecule has 2 rings (SSSR count). The Balaban J connectivity index is 2.30. The first-order valence-corrected chi connectivity index (χ1v) is 6.76. The number of nitrogens with two attached hydrogens (primary N) is 1. The number of carbonyl (C=O) groups is 1. The molecular weight excluding hydrogens is 274 g/mol. The van der Waals surface area contributed by atoms with Gasteiger partial charge in [0, 0.05) is 31.4 Å². The van der Waals surface area contributed by atoms with Gasteiger partial charge in [0.25, 0.3) is 11.6 Å². The van der Waals surface area contributed by atoms with Crippen LogP contribution < -0.4 is 11.3 Å². The summed E-state index contributed by atoms with van der Waals surface area (Å²) >= 11 is 0. The lowest BCUT2D eigenvalue weighted by Crippen LogP contribution is -2.34. The molecule has 21 heavy (non-hydrogen) atoms. The average molecular weight is 293 g/mol. The summed E-state index contributed by atoms with van der Waals surface area (Å²) < 4.78 is 0. The van der Waals surface area contributed by atoms with Crippen molar-refractivity contribution in [2.75, 3.05) is 38.7 Å². The predicted molar refractivity (Wildman–Crippen MR) is 78.9 cm³/mol. The van der Waals surface area contributed by atoms with Crippen LogP contribution in [-0.4, -0.2) is 53.9 Å². The molecule has 1 aromatic rings. The van der Waals surface area contributed by atoms with Crippen LogP contribution in [0.15, 0.2) is 18.2 Å². The van der Waals surface area contributed by atoms with E-state index >= 15 is 0 Å². The van der Waals surface area contributed by atoms with Gasteiger partial charge in [-0.05, 0) is 32.1 Å². The molecule has 1 amide bonds. The molecule has 1 aromatic carbocycles. The molecule has 0 bridgehead atoms. The first kappa shape index (κ1) is 15.2. The summed E-state index contributed by atoms with van der Waals surface area (Å²) in [6.45, 7) is 2.83. The molecule has 1 heterocycles. The van der Waals surface area contributed by atoms with Gasteiger partial charge in [0.15, 0.2) is 0 Å². The molecule has 0 atom stereocenters. The van der Waals surface area contributed by atoms with Crippen LogP contribution in [-0.2, 0) is 0 Å². The van der Waals surface area contributed by atoms with Crippen LogP contribution in [0.25, 0.3) is 0 Å². The number of anilines is 1. The molecule has 1 saturated heterocycles. The second-order valence-corrected chi connectivity index (χ2v) is 5.08. The zero-order chi connectivity index (χ0) is 15.4. The number of rotatable bonds is 3. The number of hydrazine groups is 1. The van der Waals surface area contributed by atoms with Crippen LogP contribution in [0.5, 0.6) is 0 Å². The van der Waals surface area contributed by atoms with Crippen molar-refractivity contribution in [1.29, 1.82) is 0 Å². The first-order chi connectivity index (χ1) is 10.0. The topological polar surface area (TPSA) is 105 Å². The molecule has 1 aliphatic rings. The first-order valence-electron chi connectivity index (χ1n) is 6.76. The van der Waals surface area contributed by atoms with Gasteiger partial charge in [0.2, 0.25) is 0 Å². The Morgan fingerprint density at radius 3 is 2.76 bits per heavy atom. The monoisotopic (exact) mass is 293 g/mol. The quantitative estimate of drug-likeness (QED) is 0.482. The van der Waals surface area contributed by atoms with Crippen LogP contribution in [0.2, 0.25) is 0 Å². The van der Waals surface area contributed by atoms with Crippen LogP contribution >= 0.6 is 0 Å². The van der Waals surface area contributed by atoms with E-state index in [0.29, 0.717) is 18.8 Å². The Morgan fingerprint density at radius 2 is 2.10 bits per heavy atom. The number of hydrogen-bond donors (Lipinski definition) is 2. The molecule has 8 heteroatoms. The van der Waals surface area contributed by atoms with Crippen molar-refractivity contribution in [3.63, 3.8) is 0 Å². The lowest BCUT2D eigenvalue weighted by molar-refractivity contribution is -0.385. The molecule has 0 aromatic heterocycles. The van der Waals surface area contributed by atoms with Crippen molar-refractivity contribution in [3.05, 3.63) is 33.9 Å². The lowest BCUT2D eigenvalue weighted by atomic mass is 10.1. The van der Waals surface area contributed by atoms with Crippen molar-refractivity contribution in [2.45, 2.75) is 6.42 Å². The van der Waals surface area contributed by atoms with E-state index in [2.05, 4.69) is 10.3 Å². The van der Waals surface area contributed by atoms with Crippen LogP contribution in [0.1, 0.15) is 16.8 Å². The van der Waals surface area contributed by atoms with Crippen LogP contribution in [0.4, 0.5) is 11.4 Å². The summed E-state index contributed by atoms with van der Waals surface area (Å²) in [5.74, 6) is 4.99. The van der Waals surface area contributed by atoms with Crippen molar-refractivity contribution in [3.8, 4) is 0 Å². The second kappa shape index (κ2) is 6.51. The van der Waals surface area contributed by atoms with E-state index in [1.807, 2.05) is 7.05 Å². The van der Waals surface area contributed by atoms with Crippen LogP contribution in [0.3, 0.4) is 0 Å². The summed E-state index contributed by atoms with van der Waals surface area (Å²) in [6, 6.07) is 4.20. The molecule has 0 spiro atoms. The van der Waals surface area contributed by atoms with Gasteiger partial charge >= 0.3 is 0 Å². The van der Waals surface area contributed by atoms with E-state index in [0.717, 1.165) is 19.5 Å². The van der Waals surface area contributed by atoms with Gasteiger partial charge in [-0.25, -0.2) is 0 Å². The van der Waals surface area contributed by atoms with E-state index < -0.39 is 4.92 Å². The Kier molecular flexibility index (Phi) is 4.71. The Bertz CT molecular complexity index is 549. The van der Waals surface area contributed by atoms with E-state index in [-0.39, 0.29) is 17.2 Å². The standard InChI is InChI=1S/C13H19N5O3/c1-16-5-2-6-17(8-7-16)13(19)11-9-10(15-14)3-4-12(11)18(20)21/h3-4,9,15H,2,5-8,14H2,1H3. The third kappa shape index (κ3) is 3.47. The van der Waals surface area contributed by atoms with E-state index in [1.54, 1.807) is 4.90 Å². The molecule has 0 radical (unpaired) electrons. The average Bonchev–Trinajstić information content (AvgIpc) is 2.70. The minimum Gasteiger partial charge on any atom is -0.337 e. The highest BCUT2D eigenvalue weighted by Crippen LogP contribution is 2.24. The van der Waals surface area contributed by atoms with Gasteiger partial charge in [-0.15, -0.1) is 0 Å². The van der Waals surface area contributed by atoms with Gasteiger partial charge in [-0.3, -0.25) is 20.8 Å². The van der Waals surface area contributed by atoms with Gasteiger partial charge in [-0.2, -0.15) is 0 Å². The maximum absolute atomic E-state index is 12.6. The predicted octanol–water partition coefficient (Wildman–Crippen LogP) is 0.658. The maximum atomic E-state index is 12.6. The number of likely N-dealkylation sites (N-methyl/N-ethyl adjacent to an activating group) is 1. The van der Waals surface area contributed by atoms with Gasteiger partial charge in [0.1, 0.15) is 5.56 Å². The number of nitrogens with zero attached hydrogens (tertiary/aromatic N) is 3. The summed E-state index contributed by atoms with van der Waals surface area (Å²) in [7, 11) is 2.00. The summed E-state index contributed by atoms with van der Waals surface area (Å²) in [5, 5.41) is 11.1. The zero-order valence-electron chi connectivity index (χ0n) is 11.9. The SMILES string of the molecule is CN1CCCN(C(=O)c2cc(NN)ccc2[N+](=O)[O-])CC1. The minimum absolute atomic E-state index is 0.0694. The number of nitro groups is 1. The fraction of sp³-hybridized carbons (Fsp3) is 0.462. The molecule has 0 saturated carbocycles. The molecule has 0 aliphatic carbocycles. The highest BCUT2D eigenvalue weighted by molar-refractivity contribution is 5.99. The summed E-state index contributed by atoms with van der Waals surface area (Å²) in [4.78, 5) is 26.9. The number of hydrogen-bond acceptors (Lipinski definition) is 6.